The lowest BCUT2D eigenvalue weighted by Gasteiger charge is -2.12. The van der Waals surface area contributed by atoms with Gasteiger partial charge >= 0.3 is 5.97 Å². The molecule has 0 radical (unpaired) electrons. The highest BCUT2D eigenvalue weighted by molar-refractivity contribution is 7.17. The lowest BCUT2D eigenvalue weighted by Crippen LogP contribution is -2.15. The molecule has 0 bridgehead atoms. The summed E-state index contributed by atoms with van der Waals surface area (Å²) >= 11 is 1.43. The number of fused-ring (bicyclic) bond motifs is 1. The normalized spacial score (nSPS) is 12.4. The number of aryl methyl sites for hydroxylation is 1. The van der Waals surface area contributed by atoms with E-state index in [2.05, 4.69) is 5.32 Å². The first-order valence-corrected chi connectivity index (χ1v) is 8.67. The number of nitrogens with one attached hydrogen (secondary N) is 1. The number of carbonyl (C=O) groups is 2. The number of anilines is 1. The topological polar surface area (TPSA) is 73.9 Å². The van der Waals surface area contributed by atoms with Crippen molar-refractivity contribution in [2.24, 2.45) is 0 Å². The fraction of sp³-hybridized carbons (Fsp3) is 0.333. The zero-order valence-corrected chi connectivity index (χ0v) is 15.1. The monoisotopic (exact) mass is 361 g/mol. The number of hydrogen-bond acceptors (Lipinski definition) is 6. The van der Waals surface area contributed by atoms with Crippen LogP contribution in [-0.4, -0.2) is 33.2 Å². The van der Waals surface area contributed by atoms with Gasteiger partial charge in [0.2, 0.25) is 0 Å². The molecule has 6 nitrogen and oxygen atoms in total. The standard InChI is InChI=1S/C18H19NO5S/c1-22-12-8-4-7-11(15(12)23-2)16(20)19-17-14(18(21)24-3)10-6-5-9-13(10)25-17/h4,7-8H,5-6,9H2,1-3H3,(H,19,20). The third-order valence-corrected chi connectivity index (χ3v) is 5.39. The summed E-state index contributed by atoms with van der Waals surface area (Å²) in [4.78, 5) is 26.1. The Bertz CT molecular complexity index is 827. The summed E-state index contributed by atoms with van der Waals surface area (Å²) < 4.78 is 15.4. The van der Waals surface area contributed by atoms with Crippen molar-refractivity contribution in [1.29, 1.82) is 0 Å². The van der Waals surface area contributed by atoms with Crippen LogP contribution in [-0.2, 0) is 17.6 Å². The van der Waals surface area contributed by atoms with Gasteiger partial charge in [-0.3, -0.25) is 4.79 Å². The lowest BCUT2D eigenvalue weighted by atomic mass is 10.1. The molecule has 0 aliphatic heterocycles. The van der Waals surface area contributed by atoms with E-state index < -0.39 is 5.97 Å². The first-order valence-electron chi connectivity index (χ1n) is 7.85. The summed E-state index contributed by atoms with van der Waals surface area (Å²) in [5, 5.41) is 3.36. The van der Waals surface area contributed by atoms with Gasteiger partial charge in [-0.05, 0) is 37.0 Å². The van der Waals surface area contributed by atoms with Crippen LogP contribution in [0.1, 0.15) is 37.6 Å². The number of thiophene rings is 1. The van der Waals surface area contributed by atoms with Crippen LogP contribution in [0.15, 0.2) is 18.2 Å². The summed E-state index contributed by atoms with van der Waals surface area (Å²) in [5.74, 6) is 0.0383. The Balaban J connectivity index is 1.96. The fourth-order valence-corrected chi connectivity index (χ4v) is 4.32. The van der Waals surface area contributed by atoms with Crippen LogP contribution >= 0.6 is 11.3 Å². The third-order valence-electron chi connectivity index (χ3n) is 4.19. The predicted molar refractivity (Wildman–Crippen MR) is 95.2 cm³/mol. The number of ether oxygens (including phenoxy) is 3. The van der Waals surface area contributed by atoms with Gasteiger partial charge in [-0.15, -0.1) is 11.3 Å². The number of benzene rings is 1. The third kappa shape index (κ3) is 3.07. The van der Waals surface area contributed by atoms with Gasteiger partial charge in [0.05, 0.1) is 32.5 Å². The van der Waals surface area contributed by atoms with Crippen LogP contribution in [0.2, 0.25) is 0 Å². The van der Waals surface area contributed by atoms with Crippen LogP contribution in [0.3, 0.4) is 0 Å². The predicted octanol–water partition coefficient (Wildman–Crippen LogP) is 3.29. The van der Waals surface area contributed by atoms with E-state index in [9.17, 15) is 9.59 Å². The molecule has 3 rings (SSSR count). The number of rotatable bonds is 5. The Labute approximate surface area is 149 Å². The van der Waals surface area contributed by atoms with Crippen molar-refractivity contribution in [2.75, 3.05) is 26.6 Å². The van der Waals surface area contributed by atoms with E-state index in [1.807, 2.05) is 0 Å². The molecule has 7 heteroatoms. The lowest BCUT2D eigenvalue weighted by molar-refractivity contribution is 0.0601. The molecule has 1 aromatic carbocycles. The Morgan fingerprint density at radius 1 is 1.12 bits per heavy atom. The van der Waals surface area contributed by atoms with Gasteiger partial charge in [0, 0.05) is 4.88 Å². The summed E-state index contributed by atoms with van der Waals surface area (Å²) in [6, 6.07) is 5.08. The summed E-state index contributed by atoms with van der Waals surface area (Å²) in [5.41, 5.74) is 1.80. The van der Waals surface area contributed by atoms with Gasteiger partial charge in [0.25, 0.3) is 5.91 Å². The molecule has 25 heavy (non-hydrogen) atoms. The quantitative estimate of drug-likeness (QED) is 0.827. The molecule has 0 atom stereocenters. The molecule has 1 N–H and O–H groups in total. The fourth-order valence-electron chi connectivity index (χ4n) is 3.05. The molecule has 0 spiro atoms. The second-order valence-corrected chi connectivity index (χ2v) is 6.65. The maximum absolute atomic E-state index is 12.8. The zero-order valence-electron chi connectivity index (χ0n) is 14.3. The van der Waals surface area contributed by atoms with Crippen molar-refractivity contribution in [3.8, 4) is 11.5 Å². The number of esters is 1. The van der Waals surface area contributed by atoms with Crippen molar-refractivity contribution < 1.29 is 23.8 Å². The molecular formula is C18H19NO5S. The Morgan fingerprint density at radius 2 is 1.92 bits per heavy atom. The molecular weight excluding hydrogens is 342 g/mol. The van der Waals surface area contributed by atoms with E-state index in [4.69, 9.17) is 14.2 Å². The largest absolute Gasteiger partial charge is 0.493 e. The van der Waals surface area contributed by atoms with Gasteiger partial charge in [-0.2, -0.15) is 0 Å². The number of methoxy groups -OCH3 is 3. The SMILES string of the molecule is COC(=O)c1c(NC(=O)c2cccc(OC)c2OC)sc2c1CCC2. The average Bonchev–Trinajstić information content (AvgIpc) is 3.20. The summed E-state index contributed by atoms with van der Waals surface area (Å²) in [7, 11) is 4.34. The molecule has 0 unspecified atom stereocenters. The Hall–Kier alpha value is -2.54. The minimum Gasteiger partial charge on any atom is -0.493 e. The molecule has 1 heterocycles. The molecule has 1 amide bonds. The maximum atomic E-state index is 12.8. The summed E-state index contributed by atoms with van der Waals surface area (Å²) in [6.07, 6.45) is 2.76. The van der Waals surface area contributed by atoms with E-state index in [1.54, 1.807) is 18.2 Å². The highest BCUT2D eigenvalue weighted by Crippen LogP contribution is 2.40. The smallest absolute Gasteiger partial charge is 0.341 e. The Morgan fingerprint density at radius 3 is 2.60 bits per heavy atom. The molecule has 132 valence electrons. The minimum atomic E-state index is -0.424. The summed E-state index contributed by atoms with van der Waals surface area (Å²) in [6.45, 7) is 0. The molecule has 0 saturated heterocycles. The molecule has 1 aliphatic rings. The van der Waals surface area contributed by atoms with Crippen LogP contribution in [0.4, 0.5) is 5.00 Å². The van der Waals surface area contributed by atoms with Crippen LogP contribution in [0.25, 0.3) is 0 Å². The number of hydrogen-bond donors (Lipinski definition) is 1. The Kier molecular flexibility index (Phi) is 4.94. The van der Waals surface area contributed by atoms with E-state index in [1.165, 1.54) is 32.7 Å². The second kappa shape index (κ2) is 7.14. The highest BCUT2D eigenvalue weighted by atomic mass is 32.1. The van der Waals surface area contributed by atoms with Gasteiger partial charge in [0.15, 0.2) is 11.5 Å². The number of para-hydroxylation sites is 1. The van der Waals surface area contributed by atoms with E-state index in [0.717, 1.165) is 29.7 Å². The molecule has 0 fully saturated rings. The van der Waals surface area contributed by atoms with Gasteiger partial charge in [-0.1, -0.05) is 6.07 Å². The average molecular weight is 361 g/mol. The van der Waals surface area contributed by atoms with Crippen molar-refractivity contribution in [1.82, 2.24) is 0 Å². The van der Waals surface area contributed by atoms with E-state index in [0.29, 0.717) is 27.6 Å². The van der Waals surface area contributed by atoms with Crippen molar-refractivity contribution in [2.45, 2.75) is 19.3 Å². The van der Waals surface area contributed by atoms with E-state index >= 15 is 0 Å². The molecule has 1 aliphatic carbocycles. The highest BCUT2D eigenvalue weighted by Gasteiger charge is 2.28. The van der Waals surface area contributed by atoms with Crippen molar-refractivity contribution >= 4 is 28.2 Å². The van der Waals surface area contributed by atoms with E-state index in [-0.39, 0.29) is 5.91 Å². The minimum absolute atomic E-state index is 0.339. The number of amides is 1. The van der Waals surface area contributed by atoms with Gasteiger partial charge < -0.3 is 19.5 Å². The first kappa shape index (κ1) is 17.3. The van der Waals surface area contributed by atoms with Gasteiger partial charge in [-0.25, -0.2) is 4.79 Å². The molecule has 2 aromatic rings. The number of carbonyl (C=O) groups excluding carboxylic acids is 2. The van der Waals surface area contributed by atoms with Crippen molar-refractivity contribution in [3.63, 3.8) is 0 Å². The van der Waals surface area contributed by atoms with Crippen LogP contribution < -0.4 is 14.8 Å². The van der Waals surface area contributed by atoms with Crippen LogP contribution in [0, 0.1) is 0 Å². The second-order valence-electron chi connectivity index (χ2n) is 5.55. The first-order chi connectivity index (χ1) is 12.1. The maximum Gasteiger partial charge on any atom is 0.341 e. The molecule has 1 aromatic heterocycles. The van der Waals surface area contributed by atoms with Crippen molar-refractivity contribution in [3.05, 3.63) is 39.8 Å². The van der Waals surface area contributed by atoms with Crippen LogP contribution in [0.5, 0.6) is 11.5 Å². The molecule has 0 saturated carbocycles. The zero-order chi connectivity index (χ0) is 18.0. The van der Waals surface area contributed by atoms with Gasteiger partial charge in [0.1, 0.15) is 5.00 Å².